The Balaban J connectivity index is 2.10. The molecule has 0 saturated heterocycles. The van der Waals surface area contributed by atoms with Crippen LogP contribution in [0, 0.1) is 17.2 Å². The average Bonchev–Trinajstić information content (AvgIpc) is 2.16. The van der Waals surface area contributed by atoms with Crippen molar-refractivity contribution in [3.05, 3.63) is 0 Å². The molecule has 68 valence electrons. The van der Waals surface area contributed by atoms with E-state index < -0.39 is 0 Å². The summed E-state index contributed by atoms with van der Waals surface area (Å²) in [6, 6.07) is 2.07. The van der Waals surface area contributed by atoms with Crippen molar-refractivity contribution in [3.63, 3.8) is 0 Å². The second-order valence-corrected chi connectivity index (χ2v) is 4.20. The fourth-order valence-electron chi connectivity index (χ4n) is 1.92. The molecular formula is C10H16ClN. The van der Waals surface area contributed by atoms with Gasteiger partial charge in [-0.15, -0.1) is 11.6 Å². The summed E-state index contributed by atoms with van der Waals surface area (Å²) >= 11 is 5.72. The molecule has 0 aromatic rings. The van der Waals surface area contributed by atoms with E-state index in [4.69, 9.17) is 16.9 Å². The Kier molecular flexibility index (Phi) is 4.46. The molecule has 0 spiro atoms. The molecule has 0 bridgehead atoms. The minimum atomic E-state index is -0.257. The van der Waals surface area contributed by atoms with Gasteiger partial charge in [0.05, 0.1) is 6.07 Å². The molecule has 2 heteroatoms. The molecule has 1 aliphatic carbocycles. The maximum atomic E-state index is 8.48. The molecular weight excluding hydrogens is 170 g/mol. The van der Waals surface area contributed by atoms with Gasteiger partial charge < -0.3 is 0 Å². The fraction of sp³-hybridized carbons (Fsp3) is 0.900. The van der Waals surface area contributed by atoms with Crippen molar-refractivity contribution in [2.75, 3.05) is 0 Å². The van der Waals surface area contributed by atoms with Gasteiger partial charge in [0.2, 0.25) is 0 Å². The van der Waals surface area contributed by atoms with Crippen LogP contribution in [0.4, 0.5) is 0 Å². The molecule has 0 aromatic heterocycles. The summed E-state index contributed by atoms with van der Waals surface area (Å²) in [6.07, 6.45) is 8.90. The van der Waals surface area contributed by atoms with Crippen LogP contribution >= 0.6 is 11.6 Å². The largest absolute Gasteiger partial charge is 0.197 e. The summed E-state index contributed by atoms with van der Waals surface area (Å²) in [6.45, 7) is 0. The number of hydrogen-bond acceptors (Lipinski definition) is 1. The molecule has 12 heavy (non-hydrogen) atoms. The monoisotopic (exact) mass is 185 g/mol. The van der Waals surface area contributed by atoms with Crippen molar-refractivity contribution in [3.8, 4) is 6.07 Å². The maximum absolute atomic E-state index is 8.48. The molecule has 0 aromatic carbocycles. The first kappa shape index (κ1) is 9.86. The van der Waals surface area contributed by atoms with Gasteiger partial charge in [0.25, 0.3) is 0 Å². The zero-order valence-corrected chi connectivity index (χ0v) is 8.19. The Morgan fingerprint density at radius 3 is 2.58 bits per heavy atom. The second kappa shape index (κ2) is 5.43. The summed E-state index contributed by atoms with van der Waals surface area (Å²) in [4.78, 5) is 0. The lowest BCUT2D eigenvalue weighted by Gasteiger charge is -2.21. The van der Waals surface area contributed by atoms with Crippen LogP contribution in [0.3, 0.4) is 0 Å². The molecule has 0 radical (unpaired) electrons. The molecule has 1 rings (SSSR count). The molecule has 1 saturated carbocycles. The van der Waals surface area contributed by atoms with E-state index in [0.717, 1.165) is 18.8 Å². The van der Waals surface area contributed by atoms with Gasteiger partial charge in [0, 0.05) is 0 Å². The Bertz CT molecular complexity index is 156. The highest BCUT2D eigenvalue weighted by Crippen LogP contribution is 2.28. The first-order valence-corrected chi connectivity index (χ1v) is 5.30. The van der Waals surface area contributed by atoms with Crippen LogP contribution in [0.1, 0.15) is 44.9 Å². The fourth-order valence-corrected chi connectivity index (χ4v) is 2.05. The van der Waals surface area contributed by atoms with E-state index in [2.05, 4.69) is 6.07 Å². The highest BCUT2D eigenvalue weighted by molar-refractivity contribution is 6.22. The van der Waals surface area contributed by atoms with E-state index >= 15 is 0 Å². The summed E-state index contributed by atoms with van der Waals surface area (Å²) in [7, 11) is 0. The molecule has 1 unspecified atom stereocenters. The summed E-state index contributed by atoms with van der Waals surface area (Å²) in [5.41, 5.74) is 0. The third-order valence-electron chi connectivity index (χ3n) is 2.69. The predicted octanol–water partition coefficient (Wildman–Crippen LogP) is 3.48. The predicted molar refractivity (Wildman–Crippen MR) is 51.1 cm³/mol. The Morgan fingerprint density at radius 2 is 2.00 bits per heavy atom. The van der Waals surface area contributed by atoms with E-state index in [-0.39, 0.29) is 5.38 Å². The lowest BCUT2D eigenvalue weighted by atomic mass is 9.86. The van der Waals surface area contributed by atoms with E-state index in [1.807, 2.05) is 0 Å². The van der Waals surface area contributed by atoms with Gasteiger partial charge in [-0.25, -0.2) is 0 Å². The minimum absolute atomic E-state index is 0.257. The van der Waals surface area contributed by atoms with Gasteiger partial charge in [-0.05, 0) is 18.8 Å². The first-order valence-electron chi connectivity index (χ1n) is 4.86. The third-order valence-corrected chi connectivity index (χ3v) is 3.01. The van der Waals surface area contributed by atoms with Crippen molar-refractivity contribution in [1.29, 1.82) is 5.26 Å². The molecule has 0 N–H and O–H groups in total. The van der Waals surface area contributed by atoms with Crippen LogP contribution in [-0.4, -0.2) is 5.38 Å². The van der Waals surface area contributed by atoms with Crippen LogP contribution in [0.25, 0.3) is 0 Å². The van der Waals surface area contributed by atoms with Crippen molar-refractivity contribution in [2.24, 2.45) is 5.92 Å². The summed E-state index contributed by atoms with van der Waals surface area (Å²) in [5.74, 6) is 0.855. The van der Waals surface area contributed by atoms with E-state index in [1.54, 1.807) is 0 Å². The molecule has 1 aliphatic rings. The van der Waals surface area contributed by atoms with Crippen LogP contribution in [0.15, 0.2) is 0 Å². The van der Waals surface area contributed by atoms with E-state index in [9.17, 15) is 0 Å². The molecule has 1 atom stereocenters. The Hall–Kier alpha value is -0.220. The van der Waals surface area contributed by atoms with Gasteiger partial charge in [-0.2, -0.15) is 5.26 Å². The van der Waals surface area contributed by atoms with E-state index in [0.29, 0.717) is 0 Å². The average molecular weight is 186 g/mol. The van der Waals surface area contributed by atoms with Gasteiger partial charge in [-0.1, -0.05) is 32.1 Å². The van der Waals surface area contributed by atoms with E-state index in [1.165, 1.54) is 32.1 Å². The zero-order valence-electron chi connectivity index (χ0n) is 7.43. The van der Waals surface area contributed by atoms with Crippen LogP contribution in [-0.2, 0) is 0 Å². The molecule has 1 fully saturated rings. The van der Waals surface area contributed by atoms with Crippen molar-refractivity contribution < 1.29 is 0 Å². The van der Waals surface area contributed by atoms with Crippen LogP contribution in [0.2, 0.25) is 0 Å². The number of halogens is 1. The van der Waals surface area contributed by atoms with Crippen molar-refractivity contribution in [1.82, 2.24) is 0 Å². The second-order valence-electron chi connectivity index (χ2n) is 3.68. The SMILES string of the molecule is N#CC(Cl)CCC1CCCCC1. The van der Waals surface area contributed by atoms with Crippen molar-refractivity contribution >= 4 is 11.6 Å². The molecule has 1 nitrogen and oxygen atoms in total. The van der Waals surface area contributed by atoms with Gasteiger partial charge in [0.1, 0.15) is 5.38 Å². The summed E-state index contributed by atoms with van der Waals surface area (Å²) < 4.78 is 0. The van der Waals surface area contributed by atoms with Gasteiger partial charge in [-0.3, -0.25) is 0 Å². The van der Waals surface area contributed by atoms with Gasteiger partial charge >= 0.3 is 0 Å². The molecule has 0 aliphatic heterocycles. The number of nitriles is 1. The normalized spacial score (nSPS) is 21.7. The Morgan fingerprint density at radius 1 is 1.33 bits per heavy atom. The number of hydrogen-bond donors (Lipinski definition) is 0. The smallest absolute Gasteiger partial charge is 0.120 e. The zero-order chi connectivity index (χ0) is 8.81. The maximum Gasteiger partial charge on any atom is 0.120 e. The Labute approximate surface area is 79.7 Å². The number of alkyl halides is 1. The topological polar surface area (TPSA) is 23.8 Å². The quantitative estimate of drug-likeness (QED) is 0.618. The lowest BCUT2D eigenvalue weighted by Crippen LogP contribution is -2.08. The van der Waals surface area contributed by atoms with Gasteiger partial charge in [0.15, 0.2) is 0 Å². The van der Waals surface area contributed by atoms with Crippen LogP contribution in [0.5, 0.6) is 0 Å². The molecule has 0 amide bonds. The highest BCUT2D eigenvalue weighted by atomic mass is 35.5. The standard InChI is InChI=1S/C10H16ClN/c11-10(8-12)7-6-9-4-2-1-3-5-9/h9-10H,1-7H2. The first-order chi connectivity index (χ1) is 5.83. The summed E-state index contributed by atoms with van der Waals surface area (Å²) in [5, 5.41) is 8.22. The van der Waals surface area contributed by atoms with Crippen LogP contribution < -0.4 is 0 Å². The lowest BCUT2D eigenvalue weighted by molar-refractivity contribution is 0.334. The highest BCUT2D eigenvalue weighted by Gasteiger charge is 2.14. The number of rotatable bonds is 3. The minimum Gasteiger partial charge on any atom is -0.197 e. The number of nitrogens with zero attached hydrogens (tertiary/aromatic N) is 1. The van der Waals surface area contributed by atoms with Crippen molar-refractivity contribution in [2.45, 2.75) is 50.3 Å². The third kappa shape index (κ3) is 3.45. The molecule has 0 heterocycles.